The number of nitrogens with zero attached hydrogens (tertiary/aromatic N) is 5. The molecule has 0 radical (unpaired) electrons. The molecule has 3 aromatic heterocycles. The normalized spacial score (nSPS) is 19.3. The first kappa shape index (κ1) is 17.8. The smallest absolute Gasteiger partial charge is 0.197 e. The fraction of sp³-hybridized carbons (Fsp3) is 0.286. The summed E-state index contributed by atoms with van der Waals surface area (Å²) in [4.78, 5) is 8.44. The molecule has 23 heavy (non-hydrogen) atoms. The van der Waals surface area contributed by atoms with Crippen LogP contribution < -0.4 is 5.73 Å². The minimum Gasteiger partial charge on any atom is -0.328 e. The van der Waals surface area contributed by atoms with Crippen molar-refractivity contribution < 1.29 is 0 Å². The van der Waals surface area contributed by atoms with Crippen LogP contribution in [0, 0.1) is 0 Å². The zero-order valence-electron chi connectivity index (χ0n) is 12.1. The van der Waals surface area contributed by atoms with Crippen molar-refractivity contribution in [3.8, 4) is 16.5 Å². The molecular formula is C14H16Cl2N6S. The maximum absolute atomic E-state index is 5.92. The molecule has 0 aliphatic heterocycles. The van der Waals surface area contributed by atoms with Gasteiger partial charge in [0.15, 0.2) is 10.8 Å². The molecule has 0 spiro atoms. The highest BCUT2D eigenvalue weighted by atomic mass is 35.5. The highest BCUT2D eigenvalue weighted by Crippen LogP contribution is 2.37. The van der Waals surface area contributed by atoms with Gasteiger partial charge in [-0.15, -0.1) is 46.3 Å². The number of halogens is 2. The molecule has 122 valence electrons. The number of thiazole rings is 1. The third kappa shape index (κ3) is 3.23. The predicted octanol–water partition coefficient (Wildman–Crippen LogP) is 2.83. The molecular weight excluding hydrogens is 355 g/mol. The summed E-state index contributed by atoms with van der Waals surface area (Å²) in [7, 11) is 0. The third-order valence-corrected chi connectivity index (χ3v) is 4.54. The molecule has 0 aromatic carbocycles. The van der Waals surface area contributed by atoms with E-state index in [-0.39, 0.29) is 30.9 Å². The Balaban J connectivity index is 0.000000960. The van der Waals surface area contributed by atoms with Gasteiger partial charge < -0.3 is 5.73 Å². The molecule has 1 fully saturated rings. The summed E-state index contributed by atoms with van der Waals surface area (Å²) in [6.07, 6.45) is 7.25. The van der Waals surface area contributed by atoms with Gasteiger partial charge in [0, 0.05) is 35.9 Å². The second-order valence-corrected chi connectivity index (χ2v) is 6.08. The third-order valence-electron chi connectivity index (χ3n) is 3.77. The molecule has 0 amide bonds. The summed E-state index contributed by atoms with van der Waals surface area (Å²) in [6.45, 7) is 0. The monoisotopic (exact) mass is 370 g/mol. The second-order valence-electron chi connectivity index (χ2n) is 5.19. The Morgan fingerprint density at radius 1 is 1.09 bits per heavy atom. The summed E-state index contributed by atoms with van der Waals surface area (Å²) in [5.74, 6) is 2.12. The highest BCUT2D eigenvalue weighted by molar-refractivity contribution is 7.13. The van der Waals surface area contributed by atoms with E-state index in [1.165, 1.54) is 0 Å². The number of aromatic nitrogens is 5. The Morgan fingerprint density at radius 3 is 2.43 bits per heavy atom. The van der Waals surface area contributed by atoms with Crippen LogP contribution in [0.15, 0.2) is 36.1 Å². The van der Waals surface area contributed by atoms with E-state index in [2.05, 4.69) is 24.7 Å². The van der Waals surface area contributed by atoms with Gasteiger partial charge in [0.25, 0.3) is 0 Å². The molecule has 3 heterocycles. The quantitative estimate of drug-likeness (QED) is 0.766. The Bertz CT molecular complexity index is 740. The Kier molecular flexibility index (Phi) is 5.69. The minimum absolute atomic E-state index is 0. The zero-order chi connectivity index (χ0) is 14.2. The van der Waals surface area contributed by atoms with E-state index in [9.17, 15) is 0 Å². The van der Waals surface area contributed by atoms with Crippen LogP contribution in [0.2, 0.25) is 0 Å². The molecule has 9 heteroatoms. The maximum atomic E-state index is 5.92. The van der Waals surface area contributed by atoms with Crippen LogP contribution in [0.4, 0.5) is 0 Å². The lowest BCUT2D eigenvalue weighted by molar-refractivity contribution is 0.335. The SMILES string of the molecule is Cl.Cl.N[C@H]1C[C@H](c2nnc(-c3nccs3)n2-c2ccncc2)C1. The second kappa shape index (κ2) is 7.35. The lowest BCUT2D eigenvalue weighted by Gasteiger charge is -2.31. The van der Waals surface area contributed by atoms with Gasteiger partial charge in [-0.3, -0.25) is 9.55 Å². The van der Waals surface area contributed by atoms with Gasteiger partial charge in [-0.1, -0.05) is 0 Å². The molecule has 0 saturated heterocycles. The van der Waals surface area contributed by atoms with Gasteiger partial charge in [0.2, 0.25) is 0 Å². The first-order chi connectivity index (χ1) is 10.3. The fourth-order valence-corrected chi connectivity index (χ4v) is 3.26. The van der Waals surface area contributed by atoms with Crippen LogP contribution >= 0.6 is 36.2 Å². The van der Waals surface area contributed by atoms with Crippen molar-refractivity contribution in [2.24, 2.45) is 5.73 Å². The van der Waals surface area contributed by atoms with Crippen molar-refractivity contribution in [3.05, 3.63) is 41.9 Å². The average Bonchev–Trinajstić information content (AvgIpc) is 3.13. The minimum atomic E-state index is 0. The molecule has 0 unspecified atom stereocenters. The van der Waals surface area contributed by atoms with Gasteiger partial charge in [0.05, 0.1) is 5.69 Å². The number of hydrogen-bond donors (Lipinski definition) is 1. The van der Waals surface area contributed by atoms with Gasteiger partial charge in [-0.05, 0) is 25.0 Å². The molecule has 3 aromatic rings. The molecule has 0 atom stereocenters. The molecule has 4 rings (SSSR count). The zero-order valence-corrected chi connectivity index (χ0v) is 14.5. The number of rotatable bonds is 3. The Labute approximate surface area is 150 Å². The van der Waals surface area contributed by atoms with Crippen molar-refractivity contribution >= 4 is 36.2 Å². The molecule has 1 aliphatic rings. The van der Waals surface area contributed by atoms with E-state index < -0.39 is 0 Å². The lowest BCUT2D eigenvalue weighted by atomic mass is 9.80. The summed E-state index contributed by atoms with van der Waals surface area (Å²) < 4.78 is 2.08. The van der Waals surface area contributed by atoms with Crippen LogP contribution in [0.5, 0.6) is 0 Å². The van der Waals surface area contributed by atoms with Crippen LogP contribution in [0.3, 0.4) is 0 Å². The van der Waals surface area contributed by atoms with Crippen molar-refractivity contribution in [1.82, 2.24) is 24.7 Å². The van der Waals surface area contributed by atoms with E-state index in [4.69, 9.17) is 5.73 Å². The molecule has 1 saturated carbocycles. The standard InChI is InChI=1S/C14H14N6S.2ClH/c15-10-7-9(8-10)12-18-19-13(14-17-5-6-21-14)20(12)11-1-3-16-4-2-11;;/h1-6,9-10H,7-8,15H2;2*1H/t9-,10-;;. The van der Waals surface area contributed by atoms with E-state index in [0.29, 0.717) is 5.92 Å². The lowest BCUT2D eigenvalue weighted by Crippen LogP contribution is -2.36. The van der Waals surface area contributed by atoms with Crippen molar-refractivity contribution in [3.63, 3.8) is 0 Å². The van der Waals surface area contributed by atoms with Crippen LogP contribution in [0.25, 0.3) is 16.5 Å². The summed E-state index contributed by atoms with van der Waals surface area (Å²) in [5.41, 5.74) is 6.93. The fourth-order valence-electron chi connectivity index (χ4n) is 2.65. The average molecular weight is 371 g/mol. The highest BCUT2D eigenvalue weighted by Gasteiger charge is 2.33. The first-order valence-corrected chi connectivity index (χ1v) is 7.72. The van der Waals surface area contributed by atoms with Crippen LogP contribution in [0.1, 0.15) is 24.6 Å². The first-order valence-electron chi connectivity index (χ1n) is 6.84. The summed E-state index contributed by atoms with van der Waals surface area (Å²) >= 11 is 1.56. The number of hydrogen-bond acceptors (Lipinski definition) is 6. The van der Waals surface area contributed by atoms with Crippen molar-refractivity contribution in [1.29, 1.82) is 0 Å². The van der Waals surface area contributed by atoms with Crippen molar-refractivity contribution in [2.75, 3.05) is 0 Å². The van der Waals surface area contributed by atoms with Gasteiger partial charge in [-0.2, -0.15) is 0 Å². The van der Waals surface area contributed by atoms with E-state index in [1.807, 2.05) is 17.5 Å². The predicted molar refractivity (Wildman–Crippen MR) is 94.7 cm³/mol. The largest absolute Gasteiger partial charge is 0.328 e. The van der Waals surface area contributed by atoms with E-state index >= 15 is 0 Å². The maximum Gasteiger partial charge on any atom is 0.197 e. The Hall–Kier alpha value is -1.54. The van der Waals surface area contributed by atoms with Crippen LogP contribution in [-0.4, -0.2) is 30.8 Å². The molecule has 6 nitrogen and oxygen atoms in total. The molecule has 0 bridgehead atoms. The van der Waals surface area contributed by atoms with Gasteiger partial charge in [-0.25, -0.2) is 4.98 Å². The van der Waals surface area contributed by atoms with E-state index in [1.54, 1.807) is 29.9 Å². The van der Waals surface area contributed by atoms with Crippen LogP contribution in [-0.2, 0) is 0 Å². The number of pyridine rings is 1. The summed E-state index contributed by atoms with van der Waals surface area (Å²) in [5, 5.41) is 11.6. The van der Waals surface area contributed by atoms with Gasteiger partial charge in [0.1, 0.15) is 5.82 Å². The summed E-state index contributed by atoms with van der Waals surface area (Å²) in [6, 6.07) is 4.20. The van der Waals surface area contributed by atoms with Crippen molar-refractivity contribution in [2.45, 2.75) is 24.8 Å². The molecule has 1 aliphatic carbocycles. The number of nitrogens with two attached hydrogens (primary N) is 1. The topological polar surface area (TPSA) is 82.5 Å². The Morgan fingerprint density at radius 2 is 1.83 bits per heavy atom. The van der Waals surface area contributed by atoms with Gasteiger partial charge >= 0.3 is 0 Å². The molecule has 2 N–H and O–H groups in total. The van der Waals surface area contributed by atoms with E-state index in [0.717, 1.165) is 35.2 Å².